The molecule has 2 atom stereocenters. The first-order valence-electron chi connectivity index (χ1n) is 6.01. The average molecular weight is 279 g/mol. The van der Waals surface area contributed by atoms with Crippen molar-refractivity contribution < 1.29 is 18.3 Å². The van der Waals surface area contributed by atoms with Crippen LogP contribution in [0, 0.1) is 11.6 Å². The molecule has 1 N–H and O–H groups in total. The van der Waals surface area contributed by atoms with Crippen LogP contribution in [0.25, 0.3) is 0 Å². The number of cyclic esters (lactones) is 1. The summed E-state index contributed by atoms with van der Waals surface area (Å²) in [5.74, 6) is -1.88. The summed E-state index contributed by atoms with van der Waals surface area (Å²) in [6.07, 6.45) is 3.84. The summed E-state index contributed by atoms with van der Waals surface area (Å²) in [6.45, 7) is 0.377. The lowest BCUT2D eigenvalue weighted by molar-refractivity contribution is 0.120. The molecule has 0 bridgehead atoms. The van der Waals surface area contributed by atoms with Crippen LogP contribution in [0.1, 0.15) is 11.6 Å². The predicted octanol–water partition coefficient (Wildman–Crippen LogP) is 2.01. The van der Waals surface area contributed by atoms with Crippen molar-refractivity contribution in [1.29, 1.82) is 0 Å². The molecule has 1 fully saturated rings. The number of carbonyl (C=O) groups is 1. The van der Waals surface area contributed by atoms with Crippen molar-refractivity contribution in [3.05, 3.63) is 54.1 Å². The molecular formula is C13H11F2N3O2. The Bertz CT molecular complexity index is 631. The van der Waals surface area contributed by atoms with Crippen LogP contribution in [-0.4, -0.2) is 21.7 Å². The van der Waals surface area contributed by atoms with Crippen molar-refractivity contribution >= 4 is 6.09 Å². The lowest BCUT2D eigenvalue weighted by Gasteiger charge is -2.17. The van der Waals surface area contributed by atoms with E-state index in [0.717, 1.165) is 12.1 Å². The van der Waals surface area contributed by atoms with Crippen LogP contribution in [0.4, 0.5) is 13.6 Å². The molecule has 0 unspecified atom stereocenters. The Labute approximate surface area is 113 Å². The van der Waals surface area contributed by atoms with Gasteiger partial charge in [-0.3, -0.25) is 0 Å². The van der Waals surface area contributed by atoms with Crippen molar-refractivity contribution in [2.24, 2.45) is 0 Å². The third-order valence-corrected chi connectivity index (χ3v) is 3.16. The highest BCUT2D eigenvalue weighted by Gasteiger charge is 2.35. The Hall–Kier alpha value is -2.44. The second-order valence-corrected chi connectivity index (χ2v) is 4.50. The highest BCUT2D eigenvalue weighted by molar-refractivity contribution is 5.70. The number of hydrogen-bond donors (Lipinski definition) is 1. The van der Waals surface area contributed by atoms with Gasteiger partial charge in [-0.15, -0.1) is 0 Å². The molecule has 1 saturated heterocycles. The molecule has 1 aliphatic heterocycles. The maximum Gasteiger partial charge on any atom is 0.408 e. The first-order chi connectivity index (χ1) is 9.63. The van der Waals surface area contributed by atoms with E-state index in [1.54, 1.807) is 23.3 Å². The Balaban J connectivity index is 1.85. The fourth-order valence-electron chi connectivity index (χ4n) is 2.21. The third kappa shape index (κ3) is 2.34. The second-order valence-electron chi connectivity index (χ2n) is 4.50. The number of ether oxygens (including phenoxy) is 1. The number of hydrogen-bond acceptors (Lipinski definition) is 3. The van der Waals surface area contributed by atoms with E-state index < -0.39 is 29.9 Å². The Morgan fingerprint density at radius 2 is 2.20 bits per heavy atom. The summed E-state index contributed by atoms with van der Waals surface area (Å²) in [5.41, 5.74) is 0.458. The molecule has 0 spiro atoms. The lowest BCUT2D eigenvalue weighted by atomic mass is 10.0. The van der Waals surface area contributed by atoms with Gasteiger partial charge in [0.2, 0.25) is 0 Å². The molecule has 1 aromatic heterocycles. The smallest absolute Gasteiger partial charge is 0.408 e. The van der Waals surface area contributed by atoms with Crippen molar-refractivity contribution in [3.8, 4) is 0 Å². The molecule has 0 aliphatic carbocycles. The minimum absolute atomic E-state index is 0.377. The number of carbonyl (C=O) groups excluding carboxylic acids is 1. The van der Waals surface area contributed by atoms with Gasteiger partial charge in [0.1, 0.15) is 6.10 Å². The molecule has 1 aliphatic rings. The number of alkyl carbamates (subject to hydrolysis) is 1. The Morgan fingerprint density at radius 1 is 1.35 bits per heavy atom. The van der Waals surface area contributed by atoms with Crippen molar-refractivity contribution in [2.75, 3.05) is 0 Å². The fraction of sp³-hybridized carbons (Fsp3) is 0.231. The molecule has 104 valence electrons. The molecule has 0 saturated carbocycles. The molecule has 1 aromatic carbocycles. The van der Waals surface area contributed by atoms with Crippen LogP contribution >= 0.6 is 0 Å². The van der Waals surface area contributed by atoms with E-state index in [4.69, 9.17) is 4.74 Å². The topological polar surface area (TPSA) is 56.2 Å². The van der Waals surface area contributed by atoms with Crippen LogP contribution in [0.15, 0.2) is 36.9 Å². The van der Waals surface area contributed by atoms with E-state index in [-0.39, 0.29) is 0 Å². The number of rotatable bonds is 3. The Morgan fingerprint density at radius 3 is 2.90 bits per heavy atom. The number of amides is 1. The number of imidazole rings is 1. The van der Waals surface area contributed by atoms with E-state index in [1.807, 2.05) is 0 Å². The van der Waals surface area contributed by atoms with E-state index >= 15 is 0 Å². The van der Waals surface area contributed by atoms with Crippen LogP contribution < -0.4 is 5.32 Å². The molecule has 1 amide bonds. The minimum Gasteiger partial charge on any atom is -0.442 e. The van der Waals surface area contributed by atoms with Gasteiger partial charge in [0.25, 0.3) is 0 Å². The van der Waals surface area contributed by atoms with Gasteiger partial charge in [-0.1, -0.05) is 6.07 Å². The molecule has 2 aromatic rings. The van der Waals surface area contributed by atoms with Gasteiger partial charge >= 0.3 is 6.09 Å². The summed E-state index contributed by atoms with van der Waals surface area (Å²) in [6, 6.07) is 3.00. The minimum atomic E-state index is -0.954. The Kier molecular flexibility index (Phi) is 3.09. The number of nitrogens with zero attached hydrogens (tertiary/aromatic N) is 2. The SMILES string of the molecule is O=C1N[C@@H](c2ccc(F)c(F)c2)[C@@H](Cn2ccnc2)O1. The quantitative estimate of drug-likeness (QED) is 0.935. The maximum atomic E-state index is 13.3. The van der Waals surface area contributed by atoms with Gasteiger partial charge in [-0.25, -0.2) is 18.6 Å². The van der Waals surface area contributed by atoms with Crippen LogP contribution in [0.5, 0.6) is 0 Å². The molecule has 0 radical (unpaired) electrons. The number of benzene rings is 1. The zero-order chi connectivity index (χ0) is 14.1. The summed E-state index contributed by atoms with van der Waals surface area (Å²) < 4.78 is 33.2. The predicted molar refractivity (Wildman–Crippen MR) is 64.7 cm³/mol. The van der Waals surface area contributed by atoms with Crippen molar-refractivity contribution in [3.63, 3.8) is 0 Å². The highest BCUT2D eigenvalue weighted by atomic mass is 19.2. The molecule has 3 rings (SSSR count). The van der Waals surface area contributed by atoms with E-state index in [9.17, 15) is 13.6 Å². The van der Waals surface area contributed by atoms with Crippen LogP contribution in [0.3, 0.4) is 0 Å². The first-order valence-corrected chi connectivity index (χ1v) is 6.01. The maximum absolute atomic E-state index is 13.3. The average Bonchev–Trinajstić information content (AvgIpc) is 3.03. The van der Waals surface area contributed by atoms with Crippen molar-refractivity contribution in [2.45, 2.75) is 18.7 Å². The molecule has 5 nitrogen and oxygen atoms in total. The summed E-state index contributed by atoms with van der Waals surface area (Å²) in [5, 5.41) is 2.60. The number of halogens is 2. The van der Waals surface area contributed by atoms with E-state index in [2.05, 4.69) is 10.3 Å². The number of aromatic nitrogens is 2. The monoisotopic (exact) mass is 279 g/mol. The van der Waals surface area contributed by atoms with Gasteiger partial charge in [-0.2, -0.15) is 0 Å². The summed E-state index contributed by atoms with van der Waals surface area (Å²) in [4.78, 5) is 15.3. The second kappa shape index (κ2) is 4.92. The zero-order valence-electron chi connectivity index (χ0n) is 10.3. The van der Waals surface area contributed by atoms with E-state index in [1.165, 1.54) is 6.07 Å². The van der Waals surface area contributed by atoms with Gasteiger partial charge in [-0.05, 0) is 17.7 Å². The van der Waals surface area contributed by atoms with E-state index in [0.29, 0.717) is 12.1 Å². The van der Waals surface area contributed by atoms with Crippen LogP contribution in [-0.2, 0) is 11.3 Å². The third-order valence-electron chi connectivity index (χ3n) is 3.16. The molecule has 20 heavy (non-hydrogen) atoms. The zero-order valence-corrected chi connectivity index (χ0v) is 10.3. The standard InChI is InChI=1S/C13H11F2N3O2/c14-9-2-1-8(5-10(9)15)12-11(20-13(19)17-12)6-18-4-3-16-7-18/h1-5,7,11-12H,6H2,(H,17,19)/t11-,12+/m1/s1. The van der Waals surface area contributed by atoms with Gasteiger partial charge < -0.3 is 14.6 Å². The van der Waals surface area contributed by atoms with Gasteiger partial charge in [0.15, 0.2) is 11.6 Å². The van der Waals surface area contributed by atoms with Crippen molar-refractivity contribution in [1.82, 2.24) is 14.9 Å². The molecule has 7 heteroatoms. The van der Waals surface area contributed by atoms with Gasteiger partial charge in [0, 0.05) is 12.4 Å². The molecule has 2 heterocycles. The first kappa shape index (κ1) is 12.6. The largest absolute Gasteiger partial charge is 0.442 e. The normalized spacial score (nSPS) is 21.6. The highest BCUT2D eigenvalue weighted by Crippen LogP contribution is 2.27. The number of nitrogens with one attached hydrogen (secondary N) is 1. The van der Waals surface area contributed by atoms with Gasteiger partial charge in [0.05, 0.1) is 18.9 Å². The van der Waals surface area contributed by atoms with Crippen LogP contribution in [0.2, 0.25) is 0 Å². The fourth-order valence-corrected chi connectivity index (χ4v) is 2.21. The lowest BCUT2D eigenvalue weighted by Crippen LogP contribution is -2.26. The summed E-state index contributed by atoms with van der Waals surface area (Å²) >= 11 is 0. The summed E-state index contributed by atoms with van der Waals surface area (Å²) in [7, 11) is 0. The molecular weight excluding hydrogens is 268 g/mol.